The zero-order valence-corrected chi connectivity index (χ0v) is 12.1. The summed E-state index contributed by atoms with van der Waals surface area (Å²) in [5, 5.41) is 1.88. The van der Waals surface area contributed by atoms with Gasteiger partial charge in [-0.3, -0.25) is 14.2 Å². The fraction of sp³-hybridized carbons (Fsp3) is 0. The minimum Gasteiger partial charge on any atom is -0.399 e. The molecule has 0 fully saturated rings. The van der Waals surface area contributed by atoms with Crippen LogP contribution in [0.2, 0.25) is 0 Å². The molecular weight excluding hydrogens is 290 g/mol. The summed E-state index contributed by atoms with van der Waals surface area (Å²) in [7, 11) is 0. The van der Waals surface area contributed by atoms with Crippen molar-refractivity contribution in [2.45, 2.75) is 0 Å². The van der Waals surface area contributed by atoms with Crippen LogP contribution in [0.1, 0.15) is 0 Å². The topological polar surface area (TPSA) is 80.9 Å². The monoisotopic (exact) mass is 303 g/mol. The van der Waals surface area contributed by atoms with Gasteiger partial charge in [0.05, 0.1) is 16.7 Å². The van der Waals surface area contributed by atoms with Gasteiger partial charge in [0.15, 0.2) is 0 Å². The fourth-order valence-electron chi connectivity index (χ4n) is 2.88. The van der Waals surface area contributed by atoms with Crippen LogP contribution in [0.4, 0.5) is 5.69 Å². The van der Waals surface area contributed by atoms with Gasteiger partial charge < -0.3 is 10.7 Å². The number of rotatable bonds is 1. The summed E-state index contributed by atoms with van der Waals surface area (Å²) in [6, 6.07) is 18.4. The van der Waals surface area contributed by atoms with Gasteiger partial charge in [-0.1, -0.05) is 36.4 Å². The molecule has 0 saturated heterocycles. The van der Waals surface area contributed by atoms with E-state index in [-0.39, 0.29) is 0 Å². The lowest BCUT2D eigenvalue weighted by Gasteiger charge is -2.12. The van der Waals surface area contributed by atoms with E-state index in [1.54, 1.807) is 24.3 Å². The molecule has 0 aliphatic carbocycles. The quantitative estimate of drug-likeness (QED) is 0.322. The molecule has 0 unspecified atom stereocenters. The highest BCUT2D eigenvalue weighted by Gasteiger charge is 2.11. The van der Waals surface area contributed by atoms with Crippen LogP contribution in [-0.4, -0.2) is 9.55 Å². The van der Waals surface area contributed by atoms with Gasteiger partial charge >= 0.3 is 11.1 Å². The normalized spacial score (nSPS) is 11.1. The van der Waals surface area contributed by atoms with Gasteiger partial charge in [0.2, 0.25) is 0 Å². The van der Waals surface area contributed by atoms with Crippen molar-refractivity contribution < 1.29 is 0 Å². The van der Waals surface area contributed by atoms with Crippen LogP contribution in [-0.2, 0) is 0 Å². The van der Waals surface area contributed by atoms with Crippen LogP contribution >= 0.6 is 0 Å². The lowest BCUT2D eigenvalue weighted by molar-refractivity contribution is 0.989. The molecule has 1 heterocycles. The lowest BCUT2D eigenvalue weighted by atomic mass is 10.1. The molecule has 0 atom stereocenters. The van der Waals surface area contributed by atoms with Gasteiger partial charge in [0, 0.05) is 11.1 Å². The predicted molar refractivity (Wildman–Crippen MR) is 92.1 cm³/mol. The predicted octanol–water partition coefficient (Wildman–Crippen LogP) is 2.41. The van der Waals surface area contributed by atoms with Crippen LogP contribution in [0.3, 0.4) is 0 Å². The van der Waals surface area contributed by atoms with E-state index in [4.69, 9.17) is 5.73 Å². The first kappa shape index (κ1) is 13.3. The number of hydrogen-bond acceptors (Lipinski definition) is 3. The molecule has 0 spiro atoms. The largest absolute Gasteiger partial charge is 0.399 e. The van der Waals surface area contributed by atoms with E-state index in [2.05, 4.69) is 4.98 Å². The van der Waals surface area contributed by atoms with Crippen molar-refractivity contribution in [1.82, 2.24) is 9.55 Å². The van der Waals surface area contributed by atoms with Crippen molar-refractivity contribution in [3.8, 4) is 5.69 Å². The summed E-state index contributed by atoms with van der Waals surface area (Å²) in [6.45, 7) is 0. The Kier molecular flexibility index (Phi) is 2.81. The third-order valence-corrected chi connectivity index (χ3v) is 3.91. The number of aromatic nitrogens is 2. The summed E-state index contributed by atoms with van der Waals surface area (Å²) < 4.78 is 1.40. The van der Waals surface area contributed by atoms with Crippen molar-refractivity contribution in [3.05, 3.63) is 81.4 Å². The summed E-state index contributed by atoms with van der Waals surface area (Å²) >= 11 is 0. The molecule has 0 aliphatic heterocycles. The Morgan fingerprint density at radius 1 is 0.913 bits per heavy atom. The second-order valence-corrected chi connectivity index (χ2v) is 5.37. The Morgan fingerprint density at radius 2 is 1.74 bits per heavy atom. The Hall–Kier alpha value is -3.34. The van der Waals surface area contributed by atoms with Gasteiger partial charge in [0.1, 0.15) is 0 Å². The van der Waals surface area contributed by atoms with E-state index < -0.39 is 11.1 Å². The average Bonchev–Trinajstić information content (AvgIpc) is 2.56. The zero-order chi connectivity index (χ0) is 16.0. The molecule has 4 aromatic rings. The third-order valence-electron chi connectivity index (χ3n) is 3.91. The summed E-state index contributed by atoms with van der Waals surface area (Å²) in [6.07, 6.45) is 0. The third kappa shape index (κ3) is 2.02. The van der Waals surface area contributed by atoms with Gasteiger partial charge in [-0.15, -0.1) is 0 Å². The van der Waals surface area contributed by atoms with E-state index >= 15 is 0 Å². The Labute approximate surface area is 130 Å². The molecular formula is C18H13N3O2. The number of hydrogen-bond donors (Lipinski definition) is 2. The first-order valence-electron chi connectivity index (χ1n) is 7.18. The Morgan fingerprint density at radius 3 is 2.57 bits per heavy atom. The number of nitrogens with one attached hydrogen (secondary N) is 1. The molecule has 0 amide bonds. The van der Waals surface area contributed by atoms with Gasteiger partial charge in [-0.05, 0) is 29.7 Å². The van der Waals surface area contributed by atoms with Gasteiger partial charge in [-0.25, -0.2) is 0 Å². The van der Waals surface area contributed by atoms with Crippen LogP contribution in [0, 0.1) is 0 Å². The number of nitrogen functional groups attached to an aromatic ring is 1. The molecule has 0 saturated carbocycles. The average molecular weight is 303 g/mol. The molecule has 3 aromatic carbocycles. The molecule has 1 aromatic heterocycles. The maximum absolute atomic E-state index is 12.4. The van der Waals surface area contributed by atoms with E-state index in [9.17, 15) is 9.59 Å². The number of nitrogens with two attached hydrogens (primary N) is 1. The van der Waals surface area contributed by atoms with Crippen molar-refractivity contribution in [3.63, 3.8) is 0 Å². The van der Waals surface area contributed by atoms with E-state index in [1.165, 1.54) is 4.57 Å². The number of nitrogens with zero attached hydrogens (tertiary/aromatic N) is 1. The Bertz CT molecular complexity index is 1170. The maximum Gasteiger partial charge on any atom is 0.321 e. The van der Waals surface area contributed by atoms with E-state index in [1.807, 2.05) is 36.4 Å². The van der Waals surface area contributed by atoms with Crippen LogP contribution in [0.15, 0.2) is 70.3 Å². The molecule has 5 nitrogen and oxygen atoms in total. The molecule has 0 radical (unpaired) electrons. The molecule has 23 heavy (non-hydrogen) atoms. The zero-order valence-electron chi connectivity index (χ0n) is 12.1. The standard InChI is InChI=1S/C18H13N3O2/c19-12-5-3-6-13(10-12)21-15-9-8-11-4-1-2-7-14(11)16(15)20-17(22)18(21)23/h1-10H,19H2,(H,20,22). The first-order chi connectivity index (χ1) is 11.1. The van der Waals surface area contributed by atoms with Crippen molar-refractivity contribution in [2.75, 3.05) is 5.73 Å². The van der Waals surface area contributed by atoms with Crippen molar-refractivity contribution in [1.29, 1.82) is 0 Å². The van der Waals surface area contributed by atoms with Gasteiger partial charge in [0.25, 0.3) is 0 Å². The summed E-state index contributed by atoms with van der Waals surface area (Å²) in [5.74, 6) is 0. The van der Waals surface area contributed by atoms with Crippen LogP contribution in [0.25, 0.3) is 27.5 Å². The minimum atomic E-state index is -0.656. The first-order valence-corrected chi connectivity index (χ1v) is 7.18. The molecule has 112 valence electrons. The van der Waals surface area contributed by atoms with Crippen molar-refractivity contribution >= 4 is 27.5 Å². The summed E-state index contributed by atoms with van der Waals surface area (Å²) in [5.41, 5.74) is 6.91. The van der Waals surface area contributed by atoms with Crippen LogP contribution < -0.4 is 16.9 Å². The van der Waals surface area contributed by atoms with Crippen LogP contribution in [0.5, 0.6) is 0 Å². The molecule has 3 N–H and O–H groups in total. The lowest BCUT2D eigenvalue weighted by Crippen LogP contribution is -2.35. The van der Waals surface area contributed by atoms with E-state index in [0.29, 0.717) is 22.4 Å². The second kappa shape index (κ2) is 4.84. The number of aromatic amines is 1. The van der Waals surface area contributed by atoms with Crippen molar-refractivity contribution in [2.24, 2.45) is 0 Å². The second-order valence-electron chi connectivity index (χ2n) is 5.37. The van der Waals surface area contributed by atoms with Gasteiger partial charge in [-0.2, -0.15) is 0 Å². The molecule has 5 heteroatoms. The maximum atomic E-state index is 12.4. The highest BCUT2D eigenvalue weighted by molar-refractivity contribution is 6.04. The van der Waals surface area contributed by atoms with E-state index in [0.717, 1.165) is 10.8 Å². The Balaban J connectivity index is 2.23. The summed E-state index contributed by atoms with van der Waals surface area (Å²) in [4.78, 5) is 27.3. The number of benzene rings is 3. The molecule has 0 bridgehead atoms. The molecule has 4 rings (SSSR count). The smallest absolute Gasteiger partial charge is 0.321 e. The highest BCUT2D eigenvalue weighted by Crippen LogP contribution is 2.23. The minimum absolute atomic E-state index is 0.531. The SMILES string of the molecule is Nc1cccc(-n2c(=O)c(=O)[nH]c3c4ccccc4ccc32)c1. The number of anilines is 1. The molecule has 0 aliphatic rings. The highest BCUT2D eigenvalue weighted by atomic mass is 16.2. The number of H-pyrrole nitrogens is 1. The number of fused-ring (bicyclic) bond motifs is 3. The fourth-order valence-corrected chi connectivity index (χ4v) is 2.88.